The van der Waals surface area contributed by atoms with Crippen LogP contribution in [0.5, 0.6) is 0 Å². The molecule has 12 nitrogen and oxygen atoms in total. The molecule has 0 radical (unpaired) electrons. The summed E-state index contributed by atoms with van der Waals surface area (Å²) in [6.45, 7) is 5.24. The second-order valence-electron chi connectivity index (χ2n) is 10.4. The van der Waals surface area contributed by atoms with Crippen LogP contribution in [0.3, 0.4) is 0 Å². The Morgan fingerprint density at radius 1 is 0.975 bits per heavy atom. The standard InChI is InChI=1S/C28H34N6O6/c1-28(2)39-26(36)24-23(18-34(32-24)22-9-13-38-14-10-22)31-25(35)20-8-6-7-19(15-20)21-16-30-33(17-21)12-5-3-4-11-29-27(37)40-28/h6-8,15-18,22H,3-5,9-14H2,1-2H3,(H,29,37)(H,31,35). The highest BCUT2D eigenvalue weighted by Gasteiger charge is 2.32. The van der Waals surface area contributed by atoms with Gasteiger partial charge in [0.2, 0.25) is 0 Å². The molecule has 0 aliphatic carbocycles. The van der Waals surface area contributed by atoms with E-state index in [9.17, 15) is 14.4 Å². The van der Waals surface area contributed by atoms with Gasteiger partial charge in [0.25, 0.3) is 11.7 Å². The molecule has 2 aliphatic heterocycles. The van der Waals surface area contributed by atoms with Crippen LogP contribution in [-0.2, 0) is 20.8 Å². The van der Waals surface area contributed by atoms with E-state index in [1.165, 1.54) is 13.8 Å². The van der Waals surface area contributed by atoms with Crippen molar-refractivity contribution in [1.29, 1.82) is 0 Å². The number of aromatic nitrogens is 4. The summed E-state index contributed by atoms with van der Waals surface area (Å²) in [7, 11) is 0. The number of aryl methyl sites for hydroxylation is 1. The SMILES string of the molecule is CC1(C)OC(=O)NCCCCCn2cc(cn2)-c2cccc(c2)C(=O)Nc2cn(C3CCOCC3)nc2C(=O)O1. The van der Waals surface area contributed by atoms with E-state index in [2.05, 4.69) is 20.8 Å². The average molecular weight is 551 g/mol. The number of carbonyl (C=O) groups is 3. The lowest BCUT2D eigenvalue weighted by atomic mass is 10.1. The summed E-state index contributed by atoms with van der Waals surface area (Å²) >= 11 is 0. The van der Waals surface area contributed by atoms with Crippen molar-refractivity contribution in [2.45, 2.75) is 64.3 Å². The molecule has 2 amide bonds. The van der Waals surface area contributed by atoms with Gasteiger partial charge in [-0.25, -0.2) is 9.59 Å². The first-order valence-corrected chi connectivity index (χ1v) is 13.6. The van der Waals surface area contributed by atoms with Crippen molar-refractivity contribution in [2.75, 3.05) is 25.1 Å². The van der Waals surface area contributed by atoms with Crippen LogP contribution in [0.15, 0.2) is 42.9 Å². The van der Waals surface area contributed by atoms with Gasteiger partial charge >= 0.3 is 12.1 Å². The zero-order valence-corrected chi connectivity index (χ0v) is 22.7. The zero-order valence-electron chi connectivity index (χ0n) is 22.7. The first-order chi connectivity index (χ1) is 19.3. The molecule has 5 rings (SSSR count). The van der Waals surface area contributed by atoms with Crippen molar-refractivity contribution >= 4 is 23.7 Å². The summed E-state index contributed by atoms with van der Waals surface area (Å²) in [5, 5.41) is 14.5. The minimum Gasteiger partial charge on any atom is -0.418 e. The third-order valence-electron chi connectivity index (χ3n) is 6.84. The molecule has 4 bridgehead atoms. The lowest BCUT2D eigenvalue weighted by molar-refractivity contribution is -0.139. The normalized spacial score (nSPS) is 19.3. The third kappa shape index (κ3) is 6.68. The van der Waals surface area contributed by atoms with Crippen LogP contribution >= 0.6 is 0 Å². The fourth-order valence-electron chi connectivity index (χ4n) is 4.76. The van der Waals surface area contributed by atoms with E-state index in [1.807, 2.05) is 23.0 Å². The first-order valence-electron chi connectivity index (χ1n) is 13.6. The van der Waals surface area contributed by atoms with E-state index in [4.69, 9.17) is 14.2 Å². The third-order valence-corrected chi connectivity index (χ3v) is 6.84. The summed E-state index contributed by atoms with van der Waals surface area (Å²) in [5.74, 6) is -2.81. The van der Waals surface area contributed by atoms with Crippen molar-refractivity contribution in [1.82, 2.24) is 24.9 Å². The highest BCUT2D eigenvalue weighted by atomic mass is 16.7. The second-order valence-corrected chi connectivity index (χ2v) is 10.4. The smallest absolute Gasteiger partial charge is 0.410 e. The second kappa shape index (κ2) is 11.9. The van der Waals surface area contributed by atoms with Crippen molar-refractivity contribution in [3.63, 3.8) is 0 Å². The Labute approximate surface area is 232 Å². The molecule has 2 N–H and O–H groups in total. The summed E-state index contributed by atoms with van der Waals surface area (Å²) in [6, 6.07) is 7.22. The number of esters is 1. The molecule has 0 atom stereocenters. The maximum Gasteiger partial charge on any atom is 0.410 e. The number of ether oxygens (including phenoxy) is 3. The van der Waals surface area contributed by atoms with Crippen LogP contribution in [0, 0.1) is 0 Å². The zero-order chi connectivity index (χ0) is 28.1. The number of carbonyl (C=O) groups excluding carboxylic acids is 3. The predicted octanol–water partition coefficient (Wildman–Crippen LogP) is 4.15. The molecular weight excluding hydrogens is 516 g/mol. The molecule has 0 unspecified atom stereocenters. The van der Waals surface area contributed by atoms with Crippen LogP contribution in [0.2, 0.25) is 0 Å². The number of cyclic esters (lactones) is 2. The molecule has 2 aliphatic rings. The lowest BCUT2D eigenvalue weighted by Crippen LogP contribution is -2.38. The van der Waals surface area contributed by atoms with Gasteiger partial charge in [-0.3, -0.25) is 14.2 Å². The molecule has 1 saturated heterocycles. The number of fused-ring (bicyclic) bond motifs is 6. The molecule has 3 aromatic rings. The van der Waals surface area contributed by atoms with Gasteiger partial charge in [0.05, 0.1) is 17.9 Å². The Kier molecular flexibility index (Phi) is 8.15. The Morgan fingerprint density at radius 3 is 2.60 bits per heavy atom. The van der Waals surface area contributed by atoms with Crippen molar-refractivity contribution in [3.8, 4) is 11.1 Å². The quantitative estimate of drug-likeness (QED) is 0.431. The van der Waals surface area contributed by atoms with Gasteiger partial charge in [0.1, 0.15) is 0 Å². The highest BCUT2D eigenvalue weighted by Crippen LogP contribution is 2.27. The molecule has 1 aromatic carbocycles. The summed E-state index contributed by atoms with van der Waals surface area (Å²) < 4.78 is 19.9. The Hall–Kier alpha value is -4.19. The van der Waals surface area contributed by atoms with Crippen LogP contribution < -0.4 is 10.6 Å². The number of hydrogen-bond acceptors (Lipinski definition) is 8. The fraction of sp³-hybridized carbons (Fsp3) is 0.464. The van der Waals surface area contributed by atoms with Gasteiger partial charge in [-0.05, 0) is 49.8 Å². The largest absolute Gasteiger partial charge is 0.418 e. The fourth-order valence-corrected chi connectivity index (χ4v) is 4.76. The van der Waals surface area contributed by atoms with E-state index < -0.39 is 23.8 Å². The molecule has 4 heterocycles. The predicted molar refractivity (Wildman–Crippen MR) is 145 cm³/mol. The van der Waals surface area contributed by atoms with E-state index in [0.29, 0.717) is 38.2 Å². The van der Waals surface area contributed by atoms with Crippen molar-refractivity contribution in [3.05, 3.63) is 54.1 Å². The average Bonchev–Trinajstić information content (AvgIpc) is 3.58. The number of nitrogens with one attached hydrogen (secondary N) is 2. The molecule has 2 aromatic heterocycles. The van der Waals surface area contributed by atoms with Crippen molar-refractivity contribution < 1.29 is 28.6 Å². The van der Waals surface area contributed by atoms with E-state index in [0.717, 1.165) is 36.9 Å². The first kappa shape index (κ1) is 27.4. The molecule has 1 fully saturated rings. The van der Waals surface area contributed by atoms with Gasteiger partial charge in [-0.15, -0.1) is 0 Å². The van der Waals surface area contributed by atoms with Crippen molar-refractivity contribution in [2.24, 2.45) is 0 Å². The van der Waals surface area contributed by atoms with Gasteiger partial charge in [0, 0.05) is 63.7 Å². The maximum atomic E-state index is 13.4. The van der Waals surface area contributed by atoms with E-state index in [1.54, 1.807) is 29.2 Å². The number of amides is 2. The highest BCUT2D eigenvalue weighted by molar-refractivity contribution is 6.07. The molecule has 0 spiro atoms. The molecular formula is C28H34N6O6. The van der Waals surface area contributed by atoms with Gasteiger partial charge in [0.15, 0.2) is 5.69 Å². The molecule has 40 heavy (non-hydrogen) atoms. The number of rotatable bonds is 1. The number of hydrogen-bond donors (Lipinski definition) is 2. The topological polar surface area (TPSA) is 139 Å². The number of nitrogens with zero attached hydrogens (tertiary/aromatic N) is 4. The van der Waals surface area contributed by atoms with Crippen LogP contribution in [0.1, 0.15) is 72.8 Å². The van der Waals surface area contributed by atoms with Gasteiger partial charge in [-0.2, -0.15) is 10.2 Å². The van der Waals surface area contributed by atoms with Gasteiger partial charge < -0.3 is 24.8 Å². The lowest BCUT2D eigenvalue weighted by Gasteiger charge is -2.25. The van der Waals surface area contributed by atoms with Crippen LogP contribution in [0.4, 0.5) is 10.5 Å². The monoisotopic (exact) mass is 550 g/mol. The Morgan fingerprint density at radius 2 is 1.77 bits per heavy atom. The van der Waals surface area contributed by atoms with E-state index in [-0.39, 0.29) is 17.4 Å². The van der Waals surface area contributed by atoms with Crippen LogP contribution in [0.25, 0.3) is 11.1 Å². The Bertz CT molecular complexity index is 1370. The summed E-state index contributed by atoms with van der Waals surface area (Å²) in [6.07, 6.45) is 8.61. The molecule has 212 valence electrons. The summed E-state index contributed by atoms with van der Waals surface area (Å²) in [5.41, 5.74) is 2.27. The van der Waals surface area contributed by atoms with E-state index >= 15 is 0 Å². The number of benzene rings is 1. The number of anilines is 1. The molecule has 0 saturated carbocycles. The Balaban J connectivity index is 1.46. The molecule has 12 heteroatoms. The number of alkyl carbamates (subject to hydrolysis) is 1. The van der Waals surface area contributed by atoms with Gasteiger partial charge in [-0.1, -0.05) is 12.1 Å². The minimum absolute atomic E-state index is 0.000542. The van der Waals surface area contributed by atoms with Crippen LogP contribution in [-0.4, -0.2) is 63.1 Å². The minimum atomic E-state index is -1.57. The summed E-state index contributed by atoms with van der Waals surface area (Å²) in [4.78, 5) is 39.0. The maximum absolute atomic E-state index is 13.4.